The monoisotopic (exact) mass is 196 g/mol. The minimum Gasteiger partial charge on any atom is -0.481 e. The molecular weight excluding hydrogens is 176 g/mol. The number of rotatable bonds is 7. The van der Waals surface area contributed by atoms with Gasteiger partial charge >= 0.3 is 5.97 Å². The minimum absolute atomic E-state index is 0.295. The van der Waals surface area contributed by atoms with Crippen molar-refractivity contribution in [2.24, 2.45) is 0 Å². The molecule has 0 aromatic carbocycles. The normalized spacial score (nSPS) is 9.21. The Bertz CT molecular complexity index is 198. The summed E-state index contributed by atoms with van der Waals surface area (Å²) in [7, 11) is 0. The first-order valence-electron chi connectivity index (χ1n) is 5.45. The Balaban J connectivity index is 3.11. The highest BCUT2D eigenvalue weighted by Gasteiger charge is 1.94. The van der Waals surface area contributed by atoms with Crippen LogP contribution in [0.25, 0.3) is 0 Å². The van der Waals surface area contributed by atoms with Gasteiger partial charge in [0.25, 0.3) is 0 Å². The Morgan fingerprint density at radius 1 is 1.07 bits per heavy atom. The van der Waals surface area contributed by atoms with E-state index in [1.165, 1.54) is 12.8 Å². The van der Waals surface area contributed by atoms with Gasteiger partial charge in [-0.15, -0.1) is 11.8 Å². The Morgan fingerprint density at radius 2 is 1.71 bits per heavy atom. The van der Waals surface area contributed by atoms with Crippen molar-refractivity contribution in [3.05, 3.63) is 0 Å². The maximum Gasteiger partial charge on any atom is 0.303 e. The lowest BCUT2D eigenvalue weighted by Crippen LogP contribution is -1.93. The average molecular weight is 196 g/mol. The van der Waals surface area contributed by atoms with Gasteiger partial charge in [-0.2, -0.15) is 0 Å². The van der Waals surface area contributed by atoms with Crippen molar-refractivity contribution in [1.82, 2.24) is 0 Å². The van der Waals surface area contributed by atoms with E-state index in [9.17, 15) is 4.79 Å². The van der Waals surface area contributed by atoms with E-state index in [2.05, 4.69) is 18.8 Å². The first-order chi connectivity index (χ1) is 6.77. The van der Waals surface area contributed by atoms with Gasteiger partial charge in [0, 0.05) is 19.3 Å². The molecule has 0 aliphatic heterocycles. The van der Waals surface area contributed by atoms with Gasteiger partial charge in [-0.1, -0.05) is 19.8 Å². The fourth-order valence-corrected chi connectivity index (χ4v) is 1.11. The second-order valence-corrected chi connectivity index (χ2v) is 3.41. The van der Waals surface area contributed by atoms with Crippen LogP contribution in [-0.2, 0) is 4.79 Å². The zero-order valence-corrected chi connectivity index (χ0v) is 9.01. The summed E-state index contributed by atoms with van der Waals surface area (Å²) in [5.74, 6) is 5.54. The predicted molar refractivity (Wildman–Crippen MR) is 58.0 cm³/mol. The van der Waals surface area contributed by atoms with Gasteiger partial charge in [0.1, 0.15) is 0 Å². The molecule has 1 N–H and O–H groups in total. The molecule has 80 valence electrons. The molecule has 0 radical (unpaired) electrons. The molecule has 0 fully saturated rings. The molecule has 14 heavy (non-hydrogen) atoms. The van der Waals surface area contributed by atoms with E-state index in [0.717, 1.165) is 32.1 Å². The Morgan fingerprint density at radius 3 is 2.29 bits per heavy atom. The van der Waals surface area contributed by atoms with Crippen LogP contribution in [0.5, 0.6) is 0 Å². The fourth-order valence-electron chi connectivity index (χ4n) is 1.11. The van der Waals surface area contributed by atoms with Crippen molar-refractivity contribution in [3.8, 4) is 11.8 Å². The van der Waals surface area contributed by atoms with Gasteiger partial charge in [0.2, 0.25) is 0 Å². The van der Waals surface area contributed by atoms with E-state index in [-0.39, 0.29) is 0 Å². The van der Waals surface area contributed by atoms with Gasteiger partial charge in [0.15, 0.2) is 0 Å². The Kier molecular flexibility index (Phi) is 9.41. The molecule has 0 saturated heterocycles. The summed E-state index contributed by atoms with van der Waals surface area (Å²) in [6.07, 6.45) is 7.41. The van der Waals surface area contributed by atoms with Crippen LogP contribution in [0.3, 0.4) is 0 Å². The van der Waals surface area contributed by atoms with Gasteiger partial charge in [-0.25, -0.2) is 0 Å². The molecule has 0 heterocycles. The van der Waals surface area contributed by atoms with Crippen molar-refractivity contribution < 1.29 is 9.90 Å². The topological polar surface area (TPSA) is 37.3 Å². The van der Waals surface area contributed by atoms with Gasteiger partial charge in [0.05, 0.1) is 0 Å². The van der Waals surface area contributed by atoms with Crippen molar-refractivity contribution in [1.29, 1.82) is 0 Å². The van der Waals surface area contributed by atoms with E-state index in [4.69, 9.17) is 5.11 Å². The van der Waals surface area contributed by atoms with Gasteiger partial charge in [-0.05, 0) is 19.3 Å². The fraction of sp³-hybridized carbons (Fsp3) is 0.750. The maximum absolute atomic E-state index is 10.2. The second kappa shape index (κ2) is 10.1. The lowest BCUT2D eigenvalue weighted by molar-refractivity contribution is -0.137. The molecule has 0 aromatic heterocycles. The van der Waals surface area contributed by atoms with E-state index >= 15 is 0 Å². The molecule has 2 heteroatoms. The zero-order valence-electron chi connectivity index (χ0n) is 9.01. The Hall–Kier alpha value is -0.970. The molecule has 0 aliphatic carbocycles. The molecule has 0 unspecified atom stereocenters. The molecule has 0 rings (SSSR count). The SMILES string of the molecule is CCCCC#CCCCCCC(=O)O. The lowest BCUT2D eigenvalue weighted by atomic mass is 10.1. The highest BCUT2D eigenvalue weighted by Crippen LogP contribution is 2.02. The summed E-state index contributed by atoms with van der Waals surface area (Å²) in [4.78, 5) is 10.2. The number of hydrogen-bond acceptors (Lipinski definition) is 1. The van der Waals surface area contributed by atoms with Crippen molar-refractivity contribution >= 4 is 5.97 Å². The summed E-state index contributed by atoms with van der Waals surface area (Å²) in [6, 6.07) is 0. The summed E-state index contributed by atoms with van der Waals surface area (Å²) >= 11 is 0. The first-order valence-corrected chi connectivity index (χ1v) is 5.45. The number of carbonyl (C=O) groups is 1. The van der Waals surface area contributed by atoms with Crippen LogP contribution in [0.15, 0.2) is 0 Å². The van der Waals surface area contributed by atoms with Crippen LogP contribution in [0, 0.1) is 11.8 Å². The van der Waals surface area contributed by atoms with Crippen LogP contribution >= 0.6 is 0 Å². The maximum atomic E-state index is 10.2. The summed E-state index contributed by atoms with van der Waals surface area (Å²) in [5, 5.41) is 8.39. The first kappa shape index (κ1) is 13.0. The minimum atomic E-state index is -0.695. The molecule has 0 aromatic rings. The number of unbranched alkanes of at least 4 members (excludes halogenated alkanes) is 5. The van der Waals surface area contributed by atoms with Crippen LogP contribution in [0.4, 0.5) is 0 Å². The van der Waals surface area contributed by atoms with Gasteiger partial charge in [-0.3, -0.25) is 4.79 Å². The van der Waals surface area contributed by atoms with Crippen molar-refractivity contribution in [2.75, 3.05) is 0 Å². The standard InChI is InChI=1S/C12H20O2/c1-2-3-4-5-6-7-8-9-10-11-12(13)14/h2-4,7-11H2,1H3,(H,13,14). The smallest absolute Gasteiger partial charge is 0.303 e. The second-order valence-electron chi connectivity index (χ2n) is 3.41. The third-order valence-corrected chi connectivity index (χ3v) is 1.97. The highest BCUT2D eigenvalue weighted by molar-refractivity contribution is 5.66. The van der Waals surface area contributed by atoms with E-state index in [1.54, 1.807) is 0 Å². The molecule has 0 amide bonds. The lowest BCUT2D eigenvalue weighted by Gasteiger charge is -1.93. The summed E-state index contributed by atoms with van der Waals surface area (Å²) in [6.45, 7) is 2.16. The molecule has 0 aliphatic rings. The van der Waals surface area contributed by atoms with Crippen LogP contribution in [0.1, 0.15) is 58.3 Å². The average Bonchev–Trinajstić information content (AvgIpc) is 2.15. The molecule has 0 bridgehead atoms. The van der Waals surface area contributed by atoms with Crippen LogP contribution < -0.4 is 0 Å². The van der Waals surface area contributed by atoms with E-state index in [0.29, 0.717) is 6.42 Å². The molecule has 0 atom stereocenters. The zero-order chi connectivity index (χ0) is 10.6. The molecular formula is C12H20O2. The van der Waals surface area contributed by atoms with E-state index in [1.807, 2.05) is 0 Å². The third kappa shape index (κ3) is 11.0. The number of hydrogen-bond donors (Lipinski definition) is 1. The molecule has 0 spiro atoms. The quantitative estimate of drug-likeness (QED) is 0.501. The van der Waals surface area contributed by atoms with Crippen LogP contribution in [0.2, 0.25) is 0 Å². The Labute approximate surface area is 86.7 Å². The van der Waals surface area contributed by atoms with Crippen molar-refractivity contribution in [2.45, 2.75) is 58.3 Å². The summed E-state index contributed by atoms with van der Waals surface area (Å²) in [5.41, 5.74) is 0. The van der Waals surface area contributed by atoms with Crippen molar-refractivity contribution in [3.63, 3.8) is 0 Å². The predicted octanol–water partition coefficient (Wildman–Crippen LogP) is 3.22. The largest absolute Gasteiger partial charge is 0.481 e. The third-order valence-electron chi connectivity index (χ3n) is 1.97. The number of carboxylic acid groups (broad SMARTS) is 1. The number of aliphatic carboxylic acids is 1. The van der Waals surface area contributed by atoms with Gasteiger partial charge < -0.3 is 5.11 Å². The molecule has 2 nitrogen and oxygen atoms in total. The molecule has 0 saturated carbocycles. The highest BCUT2D eigenvalue weighted by atomic mass is 16.4. The number of carboxylic acids is 1. The van der Waals surface area contributed by atoms with Crippen LogP contribution in [-0.4, -0.2) is 11.1 Å². The van der Waals surface area contributed by atoms with E-state index < -0.39 is 5.97 Å². The summed E-state index contributed by atoms with van der Waals surface area (Å²) < 4.78 is 0.